The molecule has 0 amide bonds. The summed E-state index contributed by atoms with van der Waals surface area (Å²) in [7, 11) is 0. The first-order valence-corrected chi connectivity index (χ1v) is 7.30. The Kier molecular flexibility index (Phi) is 3.15. The van der Waals surface area contributed by atoms with E-state index in [2.05, 4.69) is 4.98 Å². The van der Waals surface area contributed by atoms with Crippen molar-refractivity contribution in [2.45, 2.75) is 5.92 Å². The number of H-pyrrole nitrogens is 1. The molecule has 4 rings (SSSR count). The third kappa shape index (κ3) is 2.38. The Balaban J connectivity index is 1.83. The summed E-state index contributed by atoms with van der Waals surface area (Å²) in [5.41, 5.74) is 2.73. The van der Waals surface area contributed by atoms with Gasteiger partial charge in [-0.1, -0.05) is 24.3 Å². The standard InChI is InChI=1S/C17H14N2O4/c20-19(21)9-14(11-5-6-16-17(7-11)23-10-22-16)13-8-18-15-4-2-1-3-12(13)15/h1-8,14,18H,9-10H2/t14-/m0/s1. The lowest BCUT2D eigenvalue weighted by Gasteiger charge is -2.13. The minimum atomic E-state index is -0.351. The zero-order valence-corrected chi connectivity index (χ0v) is 12.2. The molecule has 1 atom stereocenters. The number of nitrogens with one attached hydrogen (secondary N) is 1. The highest BCUT2D eigenvalue weighted by Gasteiger charge is 2.25. The minimum absolute atomic E-state index is 0.179. The molecule has 0 bridgehead atoms. The first-order chi connectivity index (χ1) is 11.2. The van der Waals surface area contributed by atoms with Crippen LogP contribution in [0.25, 0.3) is 10.9 Å². The highest BCUT2D eigenvalue weighted by Crippen LogP contribution is 2.38. The maximum atomic E-state index is 11.2. The predicted octanol–water partition coefficient (Wildman–Crippen LogP) is 3.31. The Morgan fingerprint density at radius 2 is 2.00 bits per heavy atom. The third-order valence-corrected chi connectivity index (χ3v) is 4.13. The monoisotopic (exact) mass is 310 g/mol. The molecule has 6 heteroatoms. The van der Waals surface area contributed by atoms with Gasteiger partial charge in [0.05, 0.1) is 5.92 Å². The van der Waals surface area contributed by atoms with Crippen LogP contribution in [0.2, 0.25) is 0 Å². The zero-order valence-electron chi connectivity index (χ0n) is 12.2. The van der Waals surface area contributed by atoms with Crippen LogP contribution in [-0.2, 0) is 0 Å². The van der Waals surface area contributed by atoms with E-state index in [-0.39, 0.29) is 24.2 Å². The molecule has 1 aromatic heterocycles. The van der Waals surface area contributed by atoms with Gasteiger partial charge in [0.1, 0.15) is 0 Å². The summed E-state index contributed by atoms with van der Waals surface area (Å²) in [4.78, 5) is 14.1. The Labute approximate surface area is 131 Å². The van der Waals surface area contributed by atoms with Gasteiger partial charge in [0.15, 0.2) is 11.5 Å². The molecule has 0 saturated carbocycles. The fourth-order valence-electron chi connectivity index (χ4n) is 3.04. The van der Waals surface area contributed by atoms with Crippen molar-refractivity contribution < 1.29 is 14.4 Å². The van der Waals surface area contributed by atoms with Gasteiger partial charge in [-0.25, -0.2) is 0 Å². The average molecular weight is 310 g/mol. The number of aromatic amines is 1. The molecule has 6 nitrogen and oxygen atoms in total. The van der Waals surface area contributed by atoms with Gasteiger partial charge in [0.25, 0.3) is 0 Å². The van der Waals surface area contributed by atoms with Crippen molar-refractivity contribution in [2.24, 2.45) is 0 Å². The Morgan fingerprint density at radius 1 is 1.17 bits per heavy atom. The Morgan fingerprint density at radius 3 is 2.87 bits per heavy atom. The molecule has 3 aromatic rings. The number of hydrogen-bond acceptors (Lipinski definition) is 4. The van der Waals surface area contributed by atoms with Gasteiger partial charge in [-0.05, 0) is 29.3 Å². The number of nitro groups is 1. The first-order valence-electron chi connectivity index (χ1n) is 7.30. The second-order valence-corrected chi connectivity index (χ2v) is 5.47. The van der Waals surface area contributed by atoms with Crippen LogP contribution in [-0.4, -0.2) is 23.2 Å². The molecule has 0 spiro atoms. The number of benzene rings is 2. The van der Waals surface area contributed by atoms with Crippen LogP contribution in [0.15, 0.2) is 48.7 Å². The first kappa shape index (κ1) is 13.6. The summed E-state index contributed by atoms with van der Waals surface area (Å²) in [5.74, 6) is 0.957. The van der Waals surface area contributed by atoms with Gasteiger partial charge < -0.3 is 14.5 Å². The number of ether oxygens (including phenoxy) is 2. The molecular formula is C17H14N2O4. The lowest BCUT2D eigenvalue weighted by molar-refractivity contribution is -0.481. The molecule has 1 aliphatic rings. The van der Waals surface area contributed by atoms with Crippen LogP contribution in [0.5, 0.6) is 11.5 Å². The van der Waals surface area contributed by atoms with Crippen LogP contribution >= 0.6 is 0 Å². The van der Waals surface area contributed by atoms with Gasteiger partial charge in [-0.3, -0.25) is 10.1 Å². The number of hydrogen-bond donors (Lipinski definition) is 1. The van der Waals surface area contributed by atoms with Crippen LogP contribution in [0.4, 0.5) is 0 Å². The molecule has 0 aliphatic carbocycles. The van der Waals surface area contributed by atoms with Crippen molar-refractivity contribution in [3.8, 4) is 11.5 Å². The fourth-order valence-corrected chi connectivity index (χ4v) is 3.04. The van der Waals surface area contributed by atoms with Crippen molar-refractivity contribution in [3.63, 3.8) is 0 Å². The summed E-state index contributed by atoms with van der Waals surface area (Å²) in [6.45, 7) is 0.00721. The number of aromatic nitrogens is 1. The van der Waals surface area contributed by atoms with E-state index in [1.54, 1.807) is 6.07 Å². The van der Waals surface area contributed by atoms with Crippen molar-refractivity contribution in [2.75, 3.05) is 13.3 Å². The van der Waals surface area contributed by atoms with Crippen molar-refractivity contribution in [1.29, 1.82) is 0 Å². The summed E-state index contributed by atoms with van der Waals surface area (Å²) in [6, 6.07) is 13.3. The van der Waals surface area contributed by atoms with Crippen LogP contribution in [0.1, 0.15) is 17.0 Å². The average Bonchev–Trinajstić information content (AvgIpc) is 3.18. The maximum absolute atomic E-state index is 11.2. The smallest absolute Gasteiger partial charge is 0.231 e. The molecule has 0 saturated heterocycles. The van der Waals surface area contributed by atoms with E-state index < -0.39 is 0 Å². The number of nitrogens with zero attached hydrogens (tertiary/aromatic N) is 1. The molecule has 116 valence electrons. The highest BCUT2D eigenvalue weighted by molar-refractivity contribution is 5.84. The van der Waals surface area contributed by atoms with Gasteiger partial charge in [-0.2, -0.15) is 0 Å². The van der Waals surface area contributed by atoms with Gasteiger partial charge in [0, 0.05) is 22.0 Å². The largest absolute Gasteiger partial charge is 0.454 e. The summed E-state index contributed by atoms with van der Waals surface area (Å²) in [5, 5.41) is 12.2. The zero-order chi connectivity index (χ0) is 15.8. The van der Waals surface area contributed by atoms with Crippen molar-refractivity contribution >= 4 is 10.9 Å². The number of para-hydroxylation sites is 1. The molecular weight excluding hydrogens is 296 g/mol. The second kappa shape index (κ2) is 5.31. The highest BCUT2D eigenvalue weighted by atomic mass is 16.7. The van der Waals surface area contributed by atoms with Gasteiger partial charge >= 0.3 is 0 Å². The predicted molar refractivity (Wildman–Crippen MR) is 84.6 cm³/mol. The fraction of sp³-hybridized carbons (Fsp3) is 0.176. The SMILES string of the molecule is O=[N+]([O-])C[C@@H](c1ccc2c(c1)OCO2)c1c[nH]c2ccccc12. The quantitative estimate of drug-likeness (QED) is 0.592. The Bertz CT molecular complexity index is 887. The van der Waals surface area contributed by atoms with E-state index in [0.717, 1.165) is 22.0 Å². The molecule has 23 heavy (non-hydrogen) atoms. The van der Waals surface area contributed by atoms with E-state index in [0.29, 0.717) is 11.5 Å². The van der Waals surface area contributed by atoms with Crippen LogP contribution in [0, 0.1) is 10.1 Å². The van der Waals surface area contributed by atoms with Gasteiger partial charge in [0.2, 0.25) is 13.3 Å². The molecule has 1 N–H and O–H groups in total. The van der Waals surface area contributed by atoms with E-state index in [1.807, 2.05) is 42.6 Å². The topological polar surface area (TPSA) is 77.4 Å². The van der Waals surface area contributed by atoms with E-state index >= 15 is 0 Å². The molecule has 2 aromatic carbocycles. The summed E-state index contributed by atoms with van der Waals surface area (Å²) < 4.78 is 10.7. The third-order valence-electron chi connectivity index (χ3n) is 4.13. The van der Waals surface area contributed by atoms with Crippen molar-refractivity contribution in [1.82, 2.24) is 4.98 Å². The summed E-state index contributed by atoms with van der Waals surface area (Å²) >= 11 is 0. The van der Waals surface area contributed by atoms with Crippen LogP contribution < -0.4 is 9.47 Å². The molecule has 0 radical (unpaired) electrons. The minimum Gasteiger partial charge on any atom is -0.454 e. The molecule has 0 fully saturated rings. The Hall–Kier alpha value is -3.02. The number of rotatable bonds is 4. The van der Waals surface area contributed by atoms with Crippen molar-refractivity contribution in [3.05, 3.63) is 69.9 Å². The van der Waals surface area contributed by atoms with E-state index in [4.69, 9.17) is 9.47 Å². The second-order valence-electron chi connectivity index (χ2n) is 5.47. The van der Waals surface area contributed by atoms with Gasteiger partial charge in [-0.15, -0.1) is 0 Å². The van der Waals surface area contributed by atoms with E-state index in [1.165, 1.54) is 0 Å². The maximum Gasteiger partial charge on any atom is 0.231 e. The van der Waals surface area contributed by atoms with Crippen LogP contribution in [0.3, 0.4) is 0 Å². The van der Waals surface area contributed by atoms with E-state index in [9.17, 15) is 10.1 Å². The molecule has 0 unspecified atom stereocenters. The summed E-state index contributed by atoms with van der Waals surface area (Å²) in [6.07, 6.45) is 1.85. The molecule has 1 aliphatic heterocycles. The normalized spacial score (nSPS) is 14.1. The molecule has 2 heterocycles. The number of fused-ring (bicyclic) bond motifs is 2. The lowest BCUT2D eigenvalue weighted by atomic mass is 9.91. The lowest BCUT2D eigenvalue weighted by Crippen LogP contribution is -2.13.